The number of hydrogen-bond donors (Lipinski definition) is 1. The van der Waals surface area contributed by atoms with Gasteiger partial charge in [-0.2, -0.15) is 0 Å². The zero-order chi connectivity index (χ0) is 13.6. The Kier molecular flexibility index (Phi) is 3.44. The number of hydrogen-bond acceptors (Lipinski definition) is 2. The number of rotatable bonds is 3. The van der Waals surface area contributed by atoms with Gasteiger partial charge in [0.05, 0.1) is 10.1 Å². The van der Waals surface area contributed by atoms with Crippen molar-refractivity contribution in [3.63, 3.8) is 0 Å². The van der Waals surface area contributed by atoms with E-state index in [0.717, 1.165) is 18.5 Å². The highest BCUT2D eigenvalue weighted by molar-refractivity contribution is 9.10. The summed E-state index contributed by atoms with van der Waals surface area (Å²) in [7, 11) is 0. The molecule has 1 saturated heterocycles. The molecule has 1 heterocycles. The molecule has 1 aromatic carbocycles. The van der Waals surface area contributed by atoms with Gasteiger partial charge in [-0.25, -0.2) is 4.39 Å². The van der Waals surface area contributed by atoms with Crippen LogP contribution in [0.4, 0.5) is 4.39 Å². The van der Waals surface area contributed by atoms with Crippen LogP contribution in [-0.2, 0) is 6.42 Å². The fraction of sp³-hybridized carbons (Fsp3) is 0.600. The first-order chi connectivity index (χ1) is 8.97. The highest BCUT2D eigenvalue weighted by atomic mass is 79.9. The van der Waals surface area contributed by atoms with Crippen molar-refractivity contribution < 1.29 is 9.50 Å². The number of likely N-dealkylation sites (tertiary alicyclic amines) is 1. The van der Waals surface area contributed by atoms with Crippen molar-refractivity contribution in [1.82, 2.24) is 4.90 Å². The smallest absolute Gasteiger partial charge is 0.137 e. The van der Waals surface area contributed by atoms with Gasteiger partial charge in [0.1, 0.15) is 5.82 Å². The molecule has 0 amide bonds. The van der Waals surface area contributed by atoms with Gasteiger partial charge < -0.3 is 5.11 Å². The predicted molar refractivity (Wildman–Crippen MR) is 76.6 cm³/mol. The topological polar surface area (TPSA) is 23.5 Å². The Balaban J connectivity index is 1.73. The zero-order valence-corrected chi connectivity index (χ0v) is 12.7. The summed E-state index contributed by atoms with van der Waals surface area (Å²) in [5.74, 6) is -0.255. The summed E-state index contributed by atoms with van der Waals surface area (Å²) in [5, 5.41) is 10.8. The van der Waals surface area contributed by atoms with Crippen LogP contribution >= 0.6 is 15.9 Å². The molecule has 0 spiro atoms. The lowest BCUT2D eigenvalue weighted by atomic mass is 9.92. The van der Waals surface area contributed by atoms with E-state index in [1.165, 1.54) is 18.9 Å². The summed E-state index contributed by atoms with van der Waals surface area (Å²) in [6.07, 6.45) is 3.93. The molecule has 104 valence electrons. The van der Waals surface area contributed by atoms with Crippen LogP contribution in [0.3, 0.4) is 0 Å². The van der Waals surface area contributed by atoms with Crippen LogP contribution in [0.15, 0.2) is 22.7 Å². The van der Waals surface area contributed by atoms with Crippen LogP contribution in [0.1, 0.15) is 31.7 Å². The molecule has 1 N–H and O–H groups in total. The molecule has 4 heteroatoms. The lowest BCUT2D eigenvalue weighted by molar-refractivity contribution is 0.0486. The molecule has 0 radical (unpaired) electrons. The van der Waals surface area contributed by atoms with Crippen molar-refractivity contribution in [1.29, 1.82) is 0 Å². The lowest BCUT2D eigenvalue weighted by Gasteiger charge is -2.24. The molecule has 2 nitrogen and oxygen atoms in total. The lowest BCUT2D eigenvalue weighted by Crippen LogP contribution is -2.36. The van der Waals surface area contributed by atoms with Gasteiger partial charge in [-0.05, 0) is 59.8 Å². The maximum atomic E-state index is 13.2. The Bertz CT molecular complexity index is 491. The van der Waals surface area contributed by atoms with Gasteiger partial charge in [0.15, 0.2) is 0 Å². The van der Waals surface area contributed by atoms with Crippen LogP contribution < -0.4 is 0 Å². The van der Waals surface area contributed by atoms with E-state index in [-0.39, 0.29) is 5.82 Å². The summed E-state index contributed by atoms with van der Waals surface area (Å²) in [6, 6.07) is 6.13. The average Bonchev–Trinajstić information content (AvgIpc) is 3.11. The fourth-order valence-corrected chi connectivity index (χ4v) is 3.71. The minimum atomic E-state index is -0.667. The molecule has 2 unspecified atom stereocenters. The molecule has 2 aliphatic rings. The van der Waals surface area contributed by atoms with Crippen LogP contribution in [0.25, 0.3) is 0 Å². The predicted octanol–water partition coefficient (Wildman–Crippen LogP) is 3.12. The molecule has 2 fully saturated rings. The molecular formula is C15H19BrFNO. The molecule has 1 aliphatic heterocycles. The number of aliphatic hydroxyl groups is 1. The van der Waals surface area contributed by atoms with Crippen LogP contribution in [-0.4, -0.2) is 34.2 Å². The Morgan fingerprint density at radius 1 is 1.47 bits per heavy atom. The largest absolute Gasteiger partial charge is 0.388 e. The maximum absolute atomic E-state index is 13.2. The van der Waals surface area contributed by atoms with Crippen LogP contribution in [0, 0.1) is 5.82 Å². The van der Waals surface area contributed by atoms with Crippen molar-refractivity contribution in [2.24, 2.45) is 0 Å². The number of halogens is 2. The Morgan fingerprint density at radius 2 is 2.21 bits per heavy atom. The zero-order valence-electron chi connectivity index (χ0n) is 11.1. The molecule has 0 bridgehead atoms. The van der Waals surface area contributed by atoms with Crippen molar-refractivity contribution in [2.75, 3.05) is 6.54 Å². The van der Waals surface area contributed by atoms with Gasteiger partial charge in [0, 0.05) is 25.0 Å². The quantitative estimate of drug-likeness (QED) is 0.922. The van der Waals surface area contributed by atoms with Gasteiger partial charge in [0.25, 0.3) is 0 Å². The second-order valence-corrected chi connectivity index (χ2v) is 6.96. The molecule has 0 aromatic heterocycles. The SMILES string of the molecule is CC1CC(O)(Cc2ccc(F)c(Br)c2)CN1C1CC1. The normalized spacial score (nSPS) is 31.9. The van der Waals surface area contributed by atoms with E-state index >= 15 is 0 Å². The molecule has 19 heavy (non-hydrogen) atoms. The van der Waals surface area contributed by atoms with E-state index in [1.807, 2.05) is 0 Å². The Hall–Kier alpha value is -0.450. The fourth-order valence-electron chi connectivity index (χ4n) is 3.28. The van der Waals surface area contributed by atoms with Crippen LogP contribution in [0.2, 0.25) is 0 Å². The molecule has 1 aliphatic carbocycles. The molecule has 1 saturated carbocycles. The van der Waals surface area contributed by atoms with Gasteiger partial charge in [-0.1, -0.05) is 6.07 Å². The summed E-state index contributed by atoms with van der Waals surface area (Å²) >= 11 is 3.20. The molecule has 1 aromatic rings. The minimum absolute atomic E-state index is 0.255. The van der Waals surface area contributed by atoms with E-state index in [1.54, 1.807) is 12.1 Å². The third-order valence-corrected chi connectivity index (χ3v) is 4.86. The summed E-state index contributed by atoms with van der Waals surface area (Å²) in [6.45, 7) is 2.94. The minimum Gasteiger partial charge on any atom is -0.388 e. The second-order valence-electron chi connectivity index (χ2n) is 6.11. The summed E-state index contributed by atoms with van der Waals surface area (Å²) < 4.78 is 13.7. The average molecular weight is 328 g/mol. The Labute approximate surface area is 121 Å². The summed E-state index contributed by atoms with van der Waals surface area (Å²) in [5.41, 5.74) is 0.319. The van der Waals surface area contributed by atoms with E-state index < -0.39 is 5.60 Å². The number of nitrogens with zero attached hydrogens (tertiary/aromatic N) is 1. The second kappa shape index (κ2) is 4.83. The molecule has 3 rings (SSSR count). The van der Waals surface area contributed by atoms with Crippen molar-refractivity contribution >= 4 is 15.9 Å². The third kappa shape index (κ3) is 2.86. The van der Waals surface area contributed by atoms with Crippen molar-refractivity contribution in [3.05, 3.63) is 34.1 Å². The Morgan fingerprint density at radius 3 is 2.84 bits per heavy atom. The number of β-amino-alcohol motifs (C(OH)–C–C–N with tert-alkyl or cyclic N) is 1. The van der Waals surface area contributed by atoms with Gasteiger partial charge in [-0.3, -0.25) is 4.90 Å². The van der Waals surface area contributed by atoms with E-state index in [0.29, 0.717) is 23.0 Å². The van der Waals surface area contributed by atoms with E-state index in [9.17, 15) is 9.50 Å². The first-order valence-corrected chi connectivity index (χ1v) is 7.68. The molecule has 2 atom stereocenters. The summed E-state index contributed by atoms with van der Waals surface area (Å²) in [4.78, 5) is 2.43. The molecular weight excluding hydrogens is 309 g/mol. The maximum Gasteiger partial charge on any atom is 0.137 e. The highest BCUT2D eigenvalue weighted by Crippen LogP contribution is 2.38. The first kappa shape index (κ1) is 13.5. The number of benzene rings is 1. The third-order valence-electron chi connectivity index (χ3n) is 4.25. The van der Waals surface area contributed by atoms with Crippen molar-refractivity contribution in [2.45, 2.75) is 50.3 Å². The standard InChI is InChI=1S/C15H19BrFNO/c1-10-7-15(19,9-18(10)12-3-4-12)8-11-2-5-14(17)13(16)6-11/h2,5-6,10,12,19H,3-4,7-9H2,1H3. The monoisotopic (exact) mass is 327 g/mol. The van der Waals surface area contributed by atoms with Gasteiger partial charge in [0.2, 0.25) is 0 Å². The first-order valence-electron chi connectivity index (χ1n) is 6.89. The van der Waals surface area contributed by atoms with Crippen LogP contribution in [0.5, 0.6) is 0 Å². The van der Waals surface area contributed by atoms with E-state index in [4.69, 9.17) is 0 Å². The van der Waals surface area contributed by atoms with Crippen molar-refractivity contribution in [3.8, 4) is 0 Å². The van der Waals surface area contributed by atoms with E-state index in [2.05, 4.69) is 27.8 Å². The van der Waals surface area contributed by atoms with Gasteiger partial charge in [-0.15, -0.1) is 0 Å². The highest BCUT2D eigenvalue weighted by Gasteiger charge is 2.45. The van der Waals surface area contributed by atoms with Gasteiger partial charge >= 0.3 is 0 Å².